The number of carbonyl (C=O) groups excluding carboxylic acids is 1. The standard InChI is InChI=1S/C22H25N3O/c1-16-10-12-24(13-11-16)15-25-20-9-4-3-8-19(20)21(22(25)26)23-18-7-5-6-17(2)14-18/h3-9,14,16H,10-13,15H2,1-2H3. The van der Waals surface area contributed by atoms with Crippen molar-refractivity contribution in [2.75, 3.05) is 24.7 Å². The fourth-order valence-electron chi connectivity index (χ4n) is 3.74. The maximum Gasteiger partial charge on any atom is 0.278 e. The van der Waals surface area contributed by atoms with Gasteiger partial charge in [0.05, 0.1) is 18.0 Å². The third-order valence-electron chi connectivity index (χ3n) is 5.36. The minimum absolute atomic E-state index is 0.00586. The number of anilines is 1. The Morgan fingerprint density at radius 1 is 1.08 bits per heavy atom. The highest BCUT2D eigenvalue weighted by Gasteiger charge is 2.35. The smallest absolute Gasteiger partial charge is 0.278 e. The number of benzene rings is 2. The summed E-state index contributed by atoms with van der Waals surface area (Å²) in [6.07, 6.45) is 2.40. The number of aryl methyl sites for hydroxylation is 1. The summed E-state index contributed by atoms with van der Waals surface area (Å²) in [5.41, 5.74) is 4.44. The molecule has 4 nitrogen and oxygen atoms in total. The predicted molar refractivity (Wildman–Crippen MR) is 106 cm³/mol. The summed E-state index contributed by atoms with van der Waals surface area (Å²) in [5.74, 6) is 0.789. The Kier molecular flexibility index (Phi) is 4.60. The van der Waals surface area contributed by atoms with Gasteiger partial charge in [0.25, 0.3) is 5.91 Å². The van der Waals surface area contributed by atoms with Crippen molar-refractivity contribution in [1.82, 2.24) is 4.90 Å². The van der Waals surface area contributed by atoms with Crippen molar-refractivity contribution >= 4 is 23.0 Å². The fraction of sp³-hybridized carbons (Fsp3) is 0.364. The van der Waals surface area contributed by atoms with Crippen molar-refractivity contribution in [3.05, 3.63) is 59.7 Å². The second-order valence-electron chi connectivity index (χ2n) is 7.49. The molecule has 2 heterocycles. The van der Waals surface area contributed by atoms with Crippen molar-refractivity contribution in [3.63, 3.8) is 0 Å². The predicted octanol–water partition coefficient (Wildman–Crippen LogP) is 4.15. The van der Waals surface area contributed by atoms with Gasteiger partial charge in [0.1, 0.15) is 5.71 Å². The minimum Gasteiger partial charge on any atom is -0.293 e. The van der Waals surface area contributed by atoms with E-state index in [4.69, 9.17) is 4.99 Å². The molecule has 0 radical (unpaired) electrons. The SMILES string of the molecule is Cc1cccc(N=C2C(=O)N(CN3CCC(C)CC3)c3ccccc32)c1. The van der Waals surface area contributed by atoms with E-state index in [2.05, 4.69) is 11.8 Å². The first-order valence-electron chi connectivity index (χ1n) is 9.41. The third kappa shape index (κ3) is 3.29. The molecule has 0 aromatic heterocycles. The van der Waals surface area contributed by atoms with E-state index in [1.54, 1.807) is 0 Å². The normalized spacial score (nSPS) is 20.0. The van der Waals surface area contributed by atoms with Crippen molar-refractivity contribution in [3.8, 4) is 0 Å². The van der Waals surface area contributed by atoms with Gasteiger partial charge in [-0.25, -0.2) is 4.99 Å². The first-order chi connectivity index (χ1) is 12.6. The lowest BCUT2D eigenvalue weighted by atomic mass is 10.00. The van der Waals surface area contributed by atoms with Crippen LogP contribution < -0.4 is 4.90 Å². The third-order valence-corrected chi connectivity index (χ3v) is 5.36. The van der Waals surface area contributed by atoms with E-state index in [0.717, 1.165) is 41.5 Å². The van der Waals surface area contributed by atoms with Crippen LogP contribution in [0.25, 0.3) is 0 Å². The van der Waals surface area contributed by atoms with Crippen molar-refractivity contribution in [1.29, 1.82) is 0 Å². The molecule has 0 spiro atoms. The zero-order valence-corrected chi connectivity index (χ0v) is 15.5. The molecule has 0 saturated carbocycles. The van der Waals surface area contributed by atoms with Gasteiger partial charge in [-0.3, -0.25) is 14.6 Å². The second kappa shape index (κ2) is 7.04. The van der Waals surface area contributed by atoms with Gasteiger partial charge in [-0.2, -0.15) is 0 Å². The molecule has 2 aromatic carbocycles. The molecule has 0 unspecified atom stereocenters. The minimum atomic E-state index is 0.00586. The summed E-state index contributed by atoms with van der Waals surface area (Å²) in [5, 5.41) is 0. The molecule has 1 amide bonds. The number of hydrogen-bond donors (Lipinski definition) is 0. The highest BCUT2D eigenvalue weighted by molar-refractivity contribution is 6.54. The van der Waals surface area contributed by atoms with E-state index < -0.39 is 0 Å². The first kappa shape index (κ1) is 17.0. The molecule has 1 saturated heterocycles. The average molecular weight is 347 g/mol. The summed E-state index contributed by atoms with van der Waals surface area (Å²) in [4.78, 5) is 22.1. The Labute approximate surface area is 155 Å². The molecule has 0 bridgehead atoms. The molecule has 1 fully saturated rings. The van der Waals surface area contributed by atoms with Crippen LogP contribution in [0, 0.1) is 12.8 Å². The van der Waals surface area contributed by atoms with Crippen LogP contribution in [0.3, 0.4) is 0 Å². The number of piperidine rings is 1. The zero-order valence-electron chi connectivity index (χ0n) is 15.5. The molecule has 0 N–H and O–H groups in total. The molecule has 134 valence electrons. The van der Waals surface area contributed by atoms with Crippen LogP contribution in [0.2, 0.25) is 0 Å². The molecule has 0 atom stereocenters. The highest BCUT2D eigenvalue weighted by atomic mass is 16.2. The van der Waals surface area contributed by atoms with Crippen molar-refractivity contribution in [2.24, 2.45) is 10.9 Å². The van der Waals surface area contributed by atoms with Crippen molar-refractivity contribution < 1.29 is 4.79 Å². The highest BCUT2D eigenvalue weighted by Crippen LogP contribution is 2.31. The average Bonchev–Trinajstić information content (AvgIpc) is 2.90. The lowest BCUT2D eigenvalue weighted by Gasteiger charge is -2.33. The van der Waals surface area contributed by atoms with Crippen LogP contribution in [0.1, 0.15) is 30.9 Å². The maximum absolute atomic E-state index is 13.2. The Balaban J connectivity index is 1.64. The quantitative estimate of drug-likeness (QED) is 0.836. The molecular weight excluding hydrogens is 322 g/mol. The Morgan fingerprint density at radius 3 is 2.62 bits per heavy atom. The van der Waals surface area contributed by atoms with Gasteiger partial charge in [-0.05, 0) is 49.4 Å². The Hall–Kier alpha value is -2.46. The Bertz CT molecular complexity index is 850. The fourth-order valence-corrected chi connectivity index (χ4v) is 3.74. The number of nitrogens with zero attached hydrogens (tertiary/aromatic N) is 3. The first-order valence-corrected chi connectivity index (χ1v) is 9.41. The van der Waals surface area contributed by atoms with Gasteiger partial charge in [0, 0.05) is 18.7 Å². The lowest BCUT2D eigenvalue weighted by molar-refractivity contribution is -0.112. The van der Waals surface area contributed by atoms with Gasteiger partial charge in [0.15, 0.2) is 0 Å². The van der Waals surface area contributed by atoms with Crippen LogP contribution in [0.4, 0.5) is 11.4 Å². The second-order valence-corrected chi connectivity index (χ2v) is 7.49. The monoisotopic (exact) mass is 347 g/mol. The zero-order chi connectivity index (χ0) is 18.1. The molecule has 2 aliphatic rings. The summed E-state index contributed by atoms with van der Waals surface area (Å²) in [7, 11) is 0. The van der Waals surface area contributed by atoms with E-state index in [-0.39, 0.29) is 5.91 Å². The number of fused-ring (bicyclic) bond motifs is 1. The van der Waals surface area contributed by atoms with Gasteiger partial charge >= 0.3 is 0 Å². The van der Waals surface area contributed by atoms with Crippen LogP contribution in [-0.2, 0) is 4.79 Å². The largest absolute Gasteiger partial charge is 0.293 e. The number of rotatable bonds is 3. The Morgan fingerprint density at radius 2 is 1.85 bits per heavy atom. The number of amides is 1. The van der Waals surface area contributed by atoms with Gasteiger partial charge in [-0.1, -0.05) is 37.3 Å². The van der Waals surface area contributed by atoms with E-state index in [9.17, 15) is 4.79 Å². The summed E-state index contributed by atoms with van der Waals surface area (Å²) < 4.78 is 0. The number of hydrogen-bond acceptors (Lipinski definition) is 3. The van der Waals surface area contributed by atoms with Gasteiger partial charge < -0.3 is 0 Å². The number of likely N-dealkylation sites (tertiary alicyclic amines) is 1. The van der Waals surface area contributed by atoms with E-state index in [1.807, 2.05) is 60.4 Å². The van der Waals surface area contributed by atoms with Crippen LogP contribution in [0.5, 0.6) is 0 Å². The van der Waals surface area contributed by atoms with Crippen LogP contribution in [-0.4, -0.2) is 36.3 Å². The van der Waals surface area contributed by atoms with Crippen LogP contribution >= 0.6 is 0 Å². The molecule has 2 aromatic rings. The number of carbonyl (C=O) groups is 1. The molecular formula is C22H25N3O. The van der Waals surface area contributed by atoms with E-state index in [1.165, 1.54) is 12.8 Å². The van der Waals surface area contributed by atoms with Gasteiger partial charge in [0.2, 0.25) is 0 Å². The molecule has 0 aliphatic carbocycles. The molecule has 4 rings (SSSR count). The summed E-state index contributed by atoms with van der Waals surface area (Å²) >= 11 is 0. The molecule has 26 heavy (non-hydrogen) atoms. The van der Waals surface area contributed by atoms with E-state index >= 15 is 0 Å². The summed E-state index contributed by atoms with van der Waals surface area (Å²) in [6.45, 7) is 7.10. The molecule has 2 aliphatic heterocycles. The van der Waals surface area contributed by atoms with Crippen LogP contribution in [0.15, 0.2) is 53.5 Å². The van der Waals surface area contributed by atoms with Gasteiger partial charge in [-0.15, -0.1) is 0 Å². The summed E-state index contributed by atoms with van der Waals surface area (Å²) in [6, 6.07) is 16.0. The maximum atomic E-state index is 13.2. The molecule has 4 heteroatoms. The topological polar surface area (TPSA) is 35.9 Å². The number of para-hydroxylation sites is 1. The number of aliphatic imine (C=N–C) groups is 1. The lowest BCUT2D eigenvalue weighted by Crippen LogP contribution is -2.44. The van der Waals surface area contributed by atoms with Crippen molar-refractivity contribution in [2.45, 2.75) is 26.7 Å². The van der Waals surface area contributed by atoms with E-state index in [0.29, 0.717) is 12.4 Å².